The molecule has 4 aliphatic rings. The lowest BCUT2D eigenvalue weighted by molar-refractivity contribution is -0.149. The smallest absolute Gasteiger partial charge is 0.254 e. The Hall–Kier alpha value is -1.24. The molecular weight excluding hydrogens is 402 g/mol. The van der Waals surface area contributed by atoms with Gasteiger partial charge in [-0.2, -0.15) is 0 Å². The van der Waals surface area contributed by atoms with Gasteiger partial charge in [0.2, 0.25) is 11.8 Å². The van der Waals surface area contributed by atoms with Gasteiger partial charge < -0.3 is 14.9 Å². The first-order chi connectivity index (χ1) is 14.6. The Bertz CT molecular complexity index is 675. The molecule has 2 amide bonds. The van der Waals surface area contributed by atoms with Gasteiger partial charge in [-0.25, -0.2) is 8.78 Å². The van der Waals surface area contributed by atoms with Crippen molar-refractivity contribution < 1.29 is 23.5 Å². The summed E-state index contributed by atoms with van der Waals surface area (Å²) in [5, 5.41) is 10.0. The van der Waals surface area contributed by atoms with Crippen LogP contribution in [0.4, 0.5) is 8.78 Å². The van der Waals surface area contributed by atoms with Crippen LogP contribution in [0.3, 0.4) is 0 Å². The largest absolute Gasteiger partial charge is 0.380 e. The quantitative estimate of drug-likeness (QED) is 0.725. The van der Waals surface area contributed by atoms with E-state index in [1.54, 1.807) is 4.90 Å². The lowest BCUT2D eigenvalue weighted by Gasteiger charge is -2.44. The summed E-state index contributed by atoms with van der Waals surface area (Å²) >= 11 is 0. The normalized spacial score (nSPS) is 36.2. The van der Waals surface area contributed by atoms with Crippen LogP contribution in [0.25, 0.3) is 0 Å². The molecule has 3 unspecified atom stereocenters. The first kappa shape index (κ1) is 22.9. The van der Waals surface area contributed by atoms with Gasteiger partial charge in [0.05, 0.1) is 0 Å². The van der Waals surface area contributed by atoms with Crippen molar-refractivity contribution in [1.82, 2.24) is 9.80 Å². The Morgan fingerprint density at radius 1 is 0.935 bits per heavy atom. The van der Waals surface area contributed by atoms with Crippen LogP contribution in [0.15, 0.2) is 0 Å². The molecule has 4 fully saturated rings. The zero-order valence-corrected chi connectivity index (χ0v) is 19.0. The number of hydrogen-bond donors (Lipinski definition) is 1. The summed E-state index contributed by atoms with van der Waals surface area (Å²) in [5.41, 5.74) is -1.14. The minimum absolute atomic E-state index is 0.0192. The molecule has 1 aliphatic heterocycles. The first-order valence-electron chi connectivity index (χ1n) is 12.3. The van der Waals surface area contributed by atoms with Crippen molar-refractivity contribution in [1.29, 1.82) is 0 Å². The lowest BCUT2D eigenvalue weighted by atomic mass is 9.63. The third-order valence-corrected chi connectivity index (χ3v) is 8.54. The van der Waals surface area contributed by atoms with E-state index >= 15 is 0 Å². The third kappa shape index (κ3) is 4.91. The van der Waals surface area contributed by atoms with Gasteiger partial charge in [0.1, 0.15) is 5.60 Å². The zero-order chi connectivity index (χ0) is 22.4. The van der Waals surface area contributed by atoms with Gasteiger partial charge in [-0.3, -0.25) is 9.59 Å². The highest BCUT2D eigenvalue weighted by atomic mass is 19.3. The molecule has 31 heavy (non-hydrogen) atoms. The molecule has 1 heterocycles. The third-order valence-electron chi connectivity index (χ3n) is 8.54. The fraction of sp³-hybridized carbons (Fsp3) is 0.917. The molecule has 0 aromatic carbocycles. The maximum Gasteiger partial charge on any atom is 0.254 e. The number of nitrogens with zero attached hydrogens (tertiary/aromatic N) is 2. The molecule has 1 N–H and O–H groups in total. The van der Waals surface area contributed by atoms with Gasteiger partial charge >= 0.3 is 0 Å². The number of halogens is 2. The summed E-state index contributed by atoms with van der Waals surface area (Å²) in [7, 11) is 0. The molecule has 3 aliphatic carbocycles. The number of aliphatic hydroxyl groups is 1. The van der Waals surface area contributed by atoms with Gasteiger partial charge in [-0.15, -0.1) is 0 Å². The molecule has 1 saturated heterocycles. The van der Waals surface area contributed by atoms with Crippen molar-refractivity contribution in [3.63, 3.8) is 0 Å². The Labute approximate surface area is 184 Å². The maximum atomic E-state index is 14.3. The zero-order valence-electron chi connectivity index (χ0n) is 19.0. The molecule has 0 aromatic heterocycles. The van der Waals surface area contributed by atoms with E-state index in [2.05, 4.69) is 6.92 Å². The second-order valence-electron chi connectivity index (χ2n) is 10.9. The van der Waals surface area contributed by atoms with Crippen LogP contribution < -0.4 is 0 Å². The van der Waals surface area contributed by atoms with Crippen molar-refractivity contribution in [2.24, 2.45) is 29.6 Å². The molecule has 0 aromatic rings. The van der Waals surface area contributed by atoms with Gasteiger partial charge in [0.25, 0.3) is 5.91 Å². The van der Waals surface area contributed by atoms with Gasteiger partial charge in [0, 0.05) is 38.0 Å². The molecule has 7 heteroatoms. The monoisotopic (exact) mass is 440 g/mol. The molecule has 3 saturated carbocycles. The van der Waals surface area contributed by atoms with Crippen LogP contribution >= 0.6 is 0 Å². The second kappa shape index (κ2) is 8.60. The van der Waals surface area contributed by atoms with E-state index in [-0.39, 0.29) is 23.7 Å². The minimum atomic E-state index is -2.63. The van der Waals surface area contributed by atoms with Gasteiger partial charge in [-0.05, 0) is 76.0 Å². The molecule has 3 atom stereocenters. The number of piperazine rings is 1. The van der Waals surface area contributed by atoms with E-state index in [9.17, 15) is 23.5 Å². The average molecular weight is 441 g/mol. The standard InChI is InChI=1S/C24H38F2N2O3/c1-16-3-8-19(20(15-16)23(2,25)26)17-4-6-18(7-5-17)21(29)27-11-13-28(14-12-27)22(30)24(31)9-10-24/h16-20,31H,3-15H2,1-2H3. The molecular formula is C24H38F2N2O3. The molecule has 0 bridgehead atoms. The highest BCUT2D eigenvalue weighted by Crippen LogP contribution is 2.49. The summed E-state index contributed by atoms with van der Waals surface area (Å²) in [6, 6.07) is 0. The van der Waals surface area contributed by atoms with Crippen LogP contribution in [0.1, 0.15) is 71.6 Å². The molecule has 0 spiro atoms. The van der Waals surface area contributed by atoms with Crippen molar-refractivity contribution in [3.05, 3.63) is 0 Å². The topological polar surface area (TPSA) is 60.9 Å². The number of rotatable bonds is 4. The Balaban J connectivity index is 1.27. The fourth-order valence-electron chi connectivity index (χ4n) is 6.36. The van der Waals surface area contributed by atoms with Gasteiger partial charge in [0.15, 0.2) is 0 Å². The highest BCUT2D eigenvalue weighted by Gasteiger charge is 2.51. The number of carbonyl (C=O) groups is 2. The van der Waals surface area contributed by atoms with Crippen LogP contribution in [0, 0.1) is 29.6 Å². The van der Waals surface area contributed by atoms with Gasteiger partial charge in [-0.1, -0.05) is 13.3 Å². The van der Waals surface area contributed by atoms with Crippen LogP contribution in [-0.2, 0) is 9.59 Å². The van der Waals surface area contributed by atoms with E-state index < -0.39 is 17.4 Å². The van der Waals surface area contributed by atoms with Crippen LogP contribution in [0.2, 0.25) is 0 Å². The highest BCUT2D eigenvalue weighted by molar-refractivity contribution is 5.88. The Kier molecular flexibility index (Phi) is 6.36. The summed E-state index contributed by atoms with van der Waals surface area (Å²) in [6.07, 6.45) is 6.94. The van der Waals surface area contributed by atoms with E-state index in [1.165, 1.54) is 0 Å². The number of hydrogen-bond acceptors (Lipinski definition) is 3. The van der Waals surface area contributed by atoms with E-state index in [0.29, 0.717) is 57.3 Å². The SMILES string of the molecule is CC1CCC(C2CCC(C(=O)N3CCN(C(=O)C4(O)CC4)CC3)CC2)C(C(C)(F)F)C1. The molecule has 0 radical (unpaired) electrons. The Morgan fingerprint density at radius 3 is 2.06 bits per heavy atom. The van der Waals surface area contributed by atoms with Crippen LogP contribution in [0.5, 0.6) is 0 Å². The summed E-state index contributed by atoms with van der Waals surface area (Å²) < 4.78 is 28.6. The van der Waals surface area contributed by atoms with Crippen molar-refractivity contribution in [3.8, 4) is 0 Å². The van der Waals surface area contributed by atoms with Crippen molar-refractivity contribution >= 4 is 11.8 Å². The average Bonchev–Trinajstić information content (AvgIpc) is 3.51. The summed E-state index contributed by atoms with van der Waals surface area (Å²) in [6.45, 7) is 5.18. The lowest BCUT2D eigenvalue weighted by Crippen LogP contribution is -2.54. The molecule has 176 valence electrons. The number of amides is 2. The molecule has 4 rings (SSSR count). The maximum absolute atomic E-state index is 14.3. The van der Waals surface area contributed by atoms with E-state index in [0.717, 1.165) is 45.4 Å². The number of alkyl halides is 2. The predicted molar refractivity (Wildman–Crippen MR) is 113 cm³/mol. The fourth-order valence-corrected chi connectivity index (χ4v) is 6.36. The van der Waals surface area contributed by atoms with Crippen LogP contribution in [-0.4, -0.2) is 64.4 Å². The van der Waals surface area contributed by atoms with Crippen molar-refractivity contribution in [2.45, 2.75) is 83.2 Å². The second-order valence-corrected chi connectivity index (χ2v) is 10.9. The minimum Gasteiger partial charge on any atom is -0.380 e. The van der Waals surface area contributed by atoms with E-state index in [1.807, 2.05) is 4.90 Å². The van der Waals surface area contributed by atoms with E-state index in [4.69, 9.17) is 0 Å². The summed E-state index contributed by atoms with van der Waals surface area (Å²) in [4.78, 5) is 28.9. The first-order valence-corrected chi connectivity index (χ1v) is 12.3. The van der Waals surface area contributed by atoms with Crippen molar-refractivity contribution in [2.75, 3.05) is 26.2 Å². The number of carbonyl (C=O) groups excluding carboxylic acids is 2. The Morgan fingerprint density at radius 2 is 1.52 bits per heavy atom. The predicted octanol–water partition coefficient (Wildman–Crippen LogP) is 3.70. The summed E-state index contributed by atoms with van der Waals surface area (Å²) in [5.74, 6) is -2.45. The molecule has 5 nitrogen and oxygen atoms in total.